The average molecular weight is 292 g/mol. The highest BCUT2D eigenvalue weighted by Gasteiger charge is 2.25. The zero-order valence-corrected chi connectivity index (χ0v) is 12.7. The molecule has 0 amide bonds. The normalized spacial score (nSPS) is 16.2. The molecule has 0 bridgehead atoms. The molecule has 1 aromatic carbocycles. The SMILES string of the molecule is CC1=CC(C)(C)Nc2ccc3c(c21)c(=O)oc1cnccc13. The van der Waals surface area contributed by atoms with E-state index in [1.807, 2.05) is 25.1 Å². The number of hydrogen-bond acceptors (Lipinski definition) is 4. The van der Waals surface area contributed by atoms with Crippen LogP contribution in [-0.4, -0.2) is 10.5 Å². The molecule has 0 fully saturated rings. The Morgan fingerprint density at radius 3 is 2.82 bits per heavy atom. The van der Waals surface area contributed by atoms with Crippen LogP contribution in [0.1, 0.15) is 26.3 Å². The quantitative estimate of drug-likeness (QED) is 0.637. The first-order valence-corrected chi connectivity index (χ1v) is 7.28. The molecule has 22 heavy (non-hydrogen) atoms. The number of pyridine rings is 1. The van der Waals surface area contributed by atoms with Crippen LogP contribution in [-0.2, 0) is 0 Å². The minimum absolute atomic E-state index is 0.133. The summed E-state index contributed by atoms with van der Waals surface area (Å²) in [5.41, 5.74) is 3.06. The topological polar surface area (TPSA) is 55.1 Å². The minimum Gasteiger partial charge on any atom is -0.421 e. The Morgan fingerprint density at radius 2 is 2.00 bits per heavy atom. The van der Waals surface area contributed by atoms with Crippen molar-refractivity contribution in [3.05, 3.63) is 52.7 Å². The van der Waals surface area contributed by atoms with Crippen molar-refractivity contribution in [3.63, 3.8) is 0 Å². The molecule has 0 radical (unpaired) electrons. The number of hydrogen-bond donors (Lipinski definition) is 1. The molecule has 0 aliphatic carbocycles. The molecule has 0 atom stereocenters. The number of benzene rings is 1. The molecular weight excluding hydrogens is 276 g/mol. The van der Waals surface area contributed by atoms with Gasteiger partial charge in [-0.05, 0) is 38.5 Å². The summed E-state index contributed by atoms with van der Waals surface area (Å²) in [4.78, 5) is 16.5. The fourth-order valence-corrected chi connectivity index (χ4v) is 3.38. The van der Waals surface area contributed by atoms with Gasteiger partial charge in [-0.1, -0.05) is 12.1 Å². The van der Waals surface area contributed by atoms with Crippen molar-refractivity contribution in [2.75, 3.05) is 5.32 Å². The van der Waals surface area contributed by atoms with Crippen molar-refractivity contribution in [2.45, 2.75) is 26.3 Å². The Bertz CT molecular complexity index is 1010. The third kappa shape index (κ3) is 1.77. The van der Waals surface area contributed by atoms with Crippen molar-refractivity contribution in [2.24, 2.45) is 0 Å². The van der Waals surface area contributed by atoms with Gasteiger partial charge in [0.2, 0.25) is 0 Å². The Labute approximate surface area is 127 Å². The first-order chi connectivity index (χ1) is 10.5. The van der Waals surface area contributed by atoms with Crippen LogP contribution in [0.4, 0.5) is 5.69 Å². The number of anilines is 1. The van der Waals surface area contributed by atoms with Crippen LogP contribution in [0.25, 0.3) is 27.3 Å². The smallest absolute Gasteiger partial charge is 0.344 e. The number of rotatable bonds is 0. The van der Waals surface area contributed by atoms with Gasteiger partial charge in [0.25, 0.3) is 0 Å². The highest BCUT2D eigenvalue weighted by molar-refractivity contribution is 6.10. The third-order valence-electron chi connectivity index (χ3n) is 4.12. The summed E-state index contributed by atoms with van der Waals surface area (Å²) in [6.07, 6.45) is 5.44. The van der Waals surface area contributed by atoms with E-state index < -0.39 is 0 Å². The summed E-state index contributed by atoms with van der Waals surface area (Å²) in [5, 5.41) is 5.91. The van der Waals surface area contributed by atoms with Gasteiger partial charge >= 0.3 is 5.63 Å². The highest BCUT2D eigenvalue weighted by Crippen LogP contribution is 2.38. The number of allylic oxidation sites excluding steroid dienone is 1. The van der Waals surface area contributed by atoms with E-state index in [1.165, 1.54) is 0 Å². The van der Waals surface area contributed by atoms with Crippen molar-refractivity contribution in [1.82, 2.24) is 4.98 Å². The first kappa shape index (κ1) is 13.1. The third-order valence-corrected chi connectivity index (χ3v) is 4.12. The summed E-state index contributed by atoms with van der Waals surface area (Å²) in [7, 11) is 0. The lowest BCUT2D eigenvalue weighted by Gasteiger charge is -2.31. The molecule has 1 aliphatic heterocycles. The van der Waals surface area contributed by atoms with Crippen LogP contribution in [0.3, 0.4) is 0 Å². The molecule has 4 heteroatoms. The van der Waals surface area contributed by atoms with Crippen LogP contribution >= 0.6 is 0 Å². The summed E-state index contributed by atoms with van der Waals surface area (Å²) in [5.74, 6) is 0. The van der Waals surface area contributed by atoms with Crippen molar-refractivity contribution < 1.29 is 4.42 Å². The fourth-order valence-electron chi connectivity index (χ4n) is 3.38. The Balaban J connectivity index is 2.20. The van der Waals surface area contributed by atoms with Crippen LogP contribution in [0, 0.1) is 0 Å². The number of fused-ring (bicyclic) bond motifs is 5. The van der Waals surface area contributed by atoms with Crippen molar-refractivity contribution >= 4 is 33.0 Å². The van der Waals surface area contributed by atoms with Gasteiger partial charge in [0.05, 0.1) is 17.1 Å². The molecule has 0 saturated carbocycles. The Hall–Kier alpha value is -2.62. The standard InChI is InChI=1S/C18H16N2O2/c1-10-8-18(2,3)20-13-5-4-12-11-6-7-19-9-14(11)22-17(21)16(12)15(10)13/h4-9,20H,1-3H3. The maximum Gasteiger partial charge on any atom is 0.344 e. The Morgan fingerprint density at radius 1 is 1.18 bits per heavy atom. The second-order valence-electron chi connectivity index (χ2n) is 6.35. The largest absolute Gasteiger partial charge is 0.421 e. The van der Waals surface area contributed by atoms with E-state index in [4.69, 9.17) is 4.42 Å². The maximum absolute atomic E-state index is 12.5. The summed E-state index contributed by atoms with van der Waals surface area (Å²) < 4.78 is 5.47. The molecular formula is C18H16N2O2. The lowest BCUT2D eigenvalue weighted by atomic mass is 9.88. The second-order valence-corrected chi connectivity index (χ2v) is 6.35. The van der Waals surface area contributed by atoms with E-state index in [-0.39, 0.29) is 11.2 Å². The van der Waals surface area contributed by atoms with Crippen LogP contribution in [0.2, 0.25) is 0 Å². The molecule has 3 heterocycles. The molecule has 3 aromatic rings. The average Bonchev–Trinajstić information content (AvgIpc) is 2.45. The van der Waals surface area contributed by atoms with Gasteiger partial charge in [0.1, 0.15) is 0 Å². The van der Waals surface area contributed by atoms with E-state index in [9.17, 15) is 4.79 Å². The lowest BCUT2D eigenvalue weighted by Crippen LogP contribution is -2.31. The van der Waals surface area contributed by atoms with Gasteiger partial charge in [0, 0.05) is 28.2 Å². The van der Waals surface area contributed by atoms with Gasteiger partial charge in [-0.15, -0.1) is 0 Å². The molecule has 2 aromatic heterocycles. The van der Waals surface area contributed by atoms with Gasteiger partial charge < -0.3 is 9.73 Å². The molecule has 1 N–H and O–H groups in total. The predicted octanol–water partition coefficient (Wildman–Crippen LogP) is 3.95. The Kier molecular flexibility index (Phi) is 2.49. The van der Waals surface area contributed by atoms with Gasteiger partial charge in [0.15, 0.2) is 5.58 Å². The van der Waals surface area contributed by atoms with E-state index in [0.29, 0.717) is 11.0 Å². The van der Waals surface area contributed by atoms with Crippen LogP contribution in [0.5, 0.6) is 0 Å². The van der Waals surface area contributed by atoms with Crippen molar-refractivity contribution in [1.29, 1.82) is 0 Å². The fraction of sp³-hybridized carbons (Fsp3) is 0.222. The molecule has 0 spiro atoms. The van der Waals surface area contributed by atoms with Crippen LogP contribution < -0.4 is 10.9 Å². The van der Waals surface area contributed by atoms with Gasteiger partial charge in [-0.3, -0.25) is 4.98 Å². The van der Waals surface area contributed by atoms with Gasteiger partial charge in [-0.25, -0.2) is 4.79 Å². The van der Waals surface area contributed by atoms with E-state index in [1.54, 1.807) is 12.4 Å². The maximum atomic E-state index is 12.5. The monoisotopic (exact) mass is 292 g/mol. The van der Waals surface area contributed by atoms with E-state index >= 15 is 0 Å². The second kappa shape index (κ2) is 4.19. The highest BCUT2D eigenvalue weighted by atomic mass is 16.4. The molecule has 110 valence electrons. The number of nitrogens with zero attached hydrogens (tertiary/aromatic N) is 1. The summed E-state index contributed by atoms with van der Waals surface area (Å²) >= 11 is 0. The molecule has 1 aliphatic rings. The number of nitrogens with one attached hydrogen (secondary N) is 1. The zero-order valence-electron chi connectivity index (χ0n) is 12.7. The van der Waals surface area contributed by atoms with E-state index in [2.05, 4.69) is 30.2 Å². The molecule has 0 unspecified atom stereocenters. The summed E-state index contributed by atoms with van der Waals surface area (Å²) in [6.45, 7) is 6.26. The number of aromatic nitrogens is 1. The van der Waals surface area contributed by atoms with Crippen molar-refractivity contribution in [3.8, 4) is 0 Å². The first-order valence-electron chi connectivity index (χ1n) is 7.28. The molecule has 4 nitrogen and oxygen atoms in total. The lowest BCUT2D eigenvalue weighted by molar-refractivity contribution is 0.568. The zero-order chi connectivity index (χ0) is 15.5. The minimum atomic E-state index is -0.318. The van der Waals surface area contributed by atoms with Gasteiger partial charge in [-0.2, -0.15) is 0 Å². The molecule has 4 rings (SSSR count). The predicted molar refractivity (Wildman–Crippen MR) is 89.1 cm³/mol. The van der Waals surface area contributed by atoms with E-state index in [0.717, 1.165) is 27.6 Å². The van der Waals surface area contributed by atoms with Crippen LogP contribution in [0.15, 0.2) is 45.9 Å². The molecule has 0 saturated heterocycles. The summed E-state index contributed by atoms with van der Waals surface area (Å²) in [6, 6.07) is 5.90.